The zero-order valence-electron chi connectivity index (χ0n) is 8.06. The molecule has 0 spiro atoms. The van der Waals surface area contributed by atoms with Crippen LogP contribution in [0.4, 0.5) is 0 Å². The van der Waals surface area contributed by atoms with Gasteiger partial charge >= 0.3 is 5.97 Å². The third-order valence-electron chi connectivity index (χ3n) is 1.73. The molecule has 0 N–H and O–H groups in total. The molecule has 0 aromatic carbocycles. The lowest BCUT2D eigenvalue weighted by atomic mass is 10.2. The molecule has 0 saturated heterocycles. The average Bonchev–Trinajstić information content (AvgIpc) is 2.56. The van der Waals surface area contributed by atoms with E-state index in [9.17, 15) is 4.79 Å². The fourth-order valence-corrected chi connectivity index (χ4v) is 0.938. The standard InChI is InChI=1S/C10H15NO2/c1-9(2)10(12)13-8-7-11-5-3-4-6-11/h3-6,9H,7-8H2,1-2H3. The van der Waals surface area contributed by atoms with E-state index in [4.69, 9.17) is 4.74 Å². The van der Waals surface area contributed by atoms with Gasteiger partial charge in [-0.1, -0.05) is 13.8 Å². The van der Waals surface area contributed by atoms with Crippen LogP contribution in [0.5, 0.6) is 0 Å². The lowest BCUT2D eigenvalue weighted by Crippen LogP contribution is -2.15. The molecular weight excluding hydrogens is 166 g/mol. The minimum absolute atomic E-state index is 0.0373. The maximum absolute atomic E-state index is 11.0. The quantitative estimate of drug-likeness (QED) is 0.662. The fourth-order valence-electron chi connectivity index (χ4n) is 0.938. The van der Waals surface area contributed by atoms with E-state index in [1.807, 2.05) is 42.9 Å². The van der Waals surface area contributed by atoms with E-state index in [0.29, 0.717) is 6.61 Å². The second kappa shape index (κ2) is 4.70. The molecule has 3 heteroatoms. The summed E-state index contributed by atoms with van der Waals surface area (Å²) in [4.78, 5) is 11.0. The Hall–Kier alpha value is -1.25. The third-order valence-corrected chi connectivity index (χ3v) is 1.73. The highest BCUT2D eigenvalue weighted by Crippen LogP contribution is 1.96. The van der Waals surface area contributed by atoms with E-state index in [1.165, 1.54) is 0 Å². The summed E-state index contributed by atoms with van der Waals surface area (Å²) in [5.74, 6) is -0.170. The molecule has 0 aliphatic heterocycles. The molecule has 72 valence electrons. The summed E-state index contributed by atoms with van der Waals surface area (Å²) in [7, 11) is 0. The van der Waals surface area contributed by atoms with Crippen molar-refractivity contribution >= 4 is 5.97 Å². The van der Waals surface area contributed by atoms with E-state index in [1.54, 1.807) is 0 Å². The molecule has 13 heavy (non-hydrogen) atoms. The van der Waals surface area contributed by atoms with E-state index in [2.05, 4.69) is 0 Å². The zero-order valence-corrected chi connectivity index (χ0v) is 8.06. The molecule has 0 amide bonds. The van der Waals surface area contributed by atoms with Crippen molar-refractivity contribution in [1.29, 1.82) is 0 Å². The third kappa shape index (κ3) is 3.32. The van der Waals surface area contributed by atoms with Gasteiger partial charge in [-0.05, 0) is 12.1 Å². The molecule has 0 fully saturated rings. The van der Waals surface area contributed by atoms with Gasteiger partial charge in [-0.15, -0.1) is 0 Å². The van der Waals surface area contributed by atoms with Gasteiger partial charge in [-0.2, -0.15) is 0 Å². The predicted octanol–water partition coefficient (Wildman–Crippen LogP) is 1.69. The highest BCUT2D eigenvalue weighted by Gasteiger charge is 2.06. The maximum Gasteiger partial charge on any atom is 0.308 e. The summed E-state index contributed by atoms with van der Waals surface area (Å²) in [5.41, 5.74) is 0. The van der Waals surface area contributed by atoms with Gasteiger partial charge < -0.3 is 9.30 Å². The Kier molecular flexibility index (Phi) is 3.55. The van der Waals surface area contributed by atoms with Crippen LogP contribution in [0.2, 0.25) is 0 Å². The van der Waals surface area contributed by atoms with Crippen LogP contribution in [-0.4, -0.2) is 17.1 Å². The number of hydrogen-bond acceptors (Lipinski definition) is 2. The van der Waals surface area contributed by atoms with Gasteiger partial charge in [0.1, 0.15) is 6.61 Å². The number of rotatable bonds is 4. The van der Waals surface area contributed by atoms with Crippen LogP contribution in [0.3, 0.4) is 0 Å². The van der Waals surface area contributed by atoms with Crippen LogP contribution in [-0.2, 0) is 16.1 Å². The molecule has 0 saturated carbocycles. The fraction of sp³-hybridized carbons (Fsp3) is 0.500. The van der Waals surface area contributed by atoms with Gasteiger partial charge in [0.2, 0.25) is 0 Å². The van der Waals surface area contributed by atoms with Gasteiger partial charge in [-0.3, -0.25) is 4.79 Å². The highest BCUT2D eigenvalue weighted by molar-refractivity contribution is 5.71. The molecule has 0 aliphatic rings. The lowest BCUT2D eigenvalue weighted by Gasteiger charge is -2.07. The SMILES string of the molecule is CC(C)C(=O)OCCn1cccc1. The van der Waals surface area contributed by atoms with Crippen molar-refractivity contribution in [2.75, 3.05) is 6.61 Å². The Bertz CT molecular complexity index is 252. The van der Waals surface area contributed by atoms with Gasteiger partial charge in [0.05, 0.1) is 12.5 Å². The topological polar surface area (TPSA) is 31.2 Å². The Morgan fingerprint density at radius 1 is 1.38 bits per heavy atom. The second-order valence-electron chi connectivity index (χ2n) is 3.24. The van der Waals surface area contributed by atoms with Gasteiger partial charge in [0, 0.05) is 12.4 Å². The number of esters is 1. The van der Waals surface area contributed by atoms with Crippen LogP contribution in [0.25, 0.3) is 0 Å². The van der Waals surface area contributed by atoms with E-state index >= 15 is 0 Å². The first-order chi connectivity index (χ1) is 6.20. The van der Waals surface area contributed by atoms with Crippen LogP contribution in [0.1, 0.15) is 13.8 Å². The van der Waals surface area contributed by atoms with Gasteiger partial charge in [0.25, 0.3) is 0 Å². The van der Waals surface area contributed by atoms with E-state index in [-0.39, 0.29) is 11.9 Å². The van der Waals surface area contributed by atoms with Crippen molar-refractivity contribution in [3.05, 3.63) is 24.5 Å². The van der Waals surface area contributed by atoms with E-state index in [0.717, 1.165) is 6.54 Å². The van der Waals surface area contributed by atoms with Crippen molar-refractivity contribution < 1.29 is 9.53 Å². The predicted molar refractivity (Wildman–Crippen MR) is 50.2 cm³/mol. The first kappa shape index (κ1) is 9.84. The van der Waals surface area contributed by atoms with Crippen molar-refractivity contribution in [1.82, 2.24) is 4.57 Å². The summed E-state index contributed by atoms with van der Waals surface area (Å²) in [6.45, 7) is 4.84. The first-order valence-electron chi connectivity index (χ1n) is 4.47. The molecule has 0 bridgehead atoms. The monoisotopic (exact) mass is 181 g/mol. The Labute approximate surface area is 78.3 Å². The Morgan fingerprint density at radius 3 is 2.54 bits per heavy atom. The first-order valence-corrected chi connectivity index (χ1v) is 4.47. The van der Waals surface area contributed by atoms with Gasteiger partial charge in [-0.25, -0.2) is 0 Å². The smallest absolute Gasteiger partial charge is 0.308 e. The van der Waals surface area contributed by atoms with Crippen molar-refractivity contribution in [2.45, 2.75) is 20.4 Å². The number of carbonyl (C=O) groups is 1. The molecular formula is C10H15NO2. The summed E-state index contributed by atoms with van der Waals surface area (Å²) in [5, 5.41) is 0. The molecule has 1 aromatic heterocycles. The largest absolute Gasteiger partial charge is 0.464 e. The number of ether oxygens (including phenoxy) is 1. The lowest BCUT2D eigenvalue weighted by molar-refractivity contribution is -0.147. The molecule has 1 heterocycles. The molecule has 0 atom stereocenters. The maximum atomic E-state index is 11.0. The van der Waals surface area contributed by atoms with Gasteiger partial charge in [0.15, 0.2) is 0 Å². The number of hydrogen-bond donors (Lipinski definition) is 0. The minimum atomic E-state index is -0.132. The average molecular weight is 181 g/mol. The summed E-state index contributed by atoms with van der Waals surface area (Å²) in [6.07, 6.45) is 3.90. The Morgan fingerprint density at radius 2 is 2.00 bits per heavy atom. The molecule has 0 aliphatic carbocycles. The molecule has 1 aromatic rings. The van der Waals surface area contributed by atoms with Crippen LogP contribution in [0, 0.1) is 5.92 Å². The molecule has 3 nitrogen and oxygen atoms in total. The van der Waals surface area contributed by atoms with Crippen molar-refractivity contribution in [3.8, 4) is 0 Å². The zero-order chi connectivity index (χ0) is 9.68. The Balaban J connectivity index is 2.18. The number of carbonyl (C=O) groups excluding carboxylic acids is 1. The summed E-state index contributed by atoms with van der Waals surface area (Å²) in [6, 6.07) is 3.90. The normalized spacial score (nSPS) is 10.4. The number of aromatic nitrogens is 1. The van der Waals surface area contributed by atoms with Crippen LogP contribution < -0.4 is 0 Å². The van der Waals surface area contributed by atoms with Crippen LogP contribution >= 0.6 is 0 Å². The highest BCUT2D eigenvalue weighted by atomic mass is 16.5. The van der Waals surface area contributed by atoms with Crippen molar-refractivity contribution in [2.24, 2.45) is 5.92 Å². The molecule has 1 rings (SSSR count). The summed E-state index contributed by atoms with van der Waals surface area (Å²) >= 11 is 0. The number of nitrogens with zero attached hydrogens (tertiary/aromatic N) is 1. The minimum Gasteiger partial charge on any atom is -0.464 e. The molecule has 0 unspecified atom stereocenters. The van der Waals surface area contributed by atoms with Crippen molar-refractivity contribution in [3.63, 3.8) is 0 Å². The van der Waals surface area contributed by atoms with Crippen LogP contribution in [0.15, 0.2) is 24.5 Å². The second-order valence-corrected chi connectivity index (χ2v) is 3.24. The summed E-state index contributed by atoms with van der Waals surface area (Å²) < 4.78 is 7.00. The van der Waals surface area contributed by atoms with E-state index < -0.39 is 0 Å². The molecule has 0 radical (unpaired) electrons.